The molecule has 12 N–H and O–H groups in total. The summed E-state index contributed by atoms with van der Waals surface area (Å²) in [7, 11) is 0. The molecule has 0 radical (unpaired) electrons. The van der Waals surface area contributed by atoms with E-state index in [0.29, 0.717) is 50.8 Å². The van der Waals surface area contributed by atoms with Crippen LogP contribution in [0, 0.1) is 0 Å². The zero-order valence-electron chi connectivity index (χ0n) is 22.9. The first-order valence-corrected chi connectivity index (χ1v) is 13.6. The number of benzene rings is 1. The number of nitrogens with one attached hydrogen (secondary N) is 4. The van der Waals surface area contributed by atoms with Crippen molar-refractivity contribution in [3.8, 4) is 0 Å². The first-order valence-electron chi connectivity index (χ1n) is 13.6. The maximum absolute atomic E-state index is 13.5. The summed E-state index contributed by atoms with van der Waals surface area (Å²) in [5.74, 6) is -5.08. The molecule has 41 heavy (non-hydrogen) atoms. The Morgan fingerprint density at radius 3 is 2.00 bits per heavy atom. The number of para-hydroxylation sites is 1. The second-order valence-corrected chi connectivity index (χ2v) is 9.86. The molecule has 4 unspecified atom stereocenters. The van der Waals surface area contributed by atoms with Gasteiger partial charge in [0.15, 0.2) is 0 Å². The van der Waals surface area contributed by atoms with E-state index in [4.69, 9.17) is 17.2 Å². The molecule has 14 nitrogen and oxygen atoms in total. The summed E-state index contributed by atoms with van der Waals surface area (Å²) in [6.07, 6.45) is 3.57. The molecule has 1 aromatic heterocycles. The molecule has 2 aromatic rings. The van der Waals surface area contributed by atoms with E-state index in [1.165, 1.54) is 0 Å². The molecule has 2 rings (SSSR count). The fourth-order valence-corrected chi connectivity index (χ4v) is 4.33. The molecule has 226 valence electrons. The number of aromatic nitrogens is 1. The Morgan fingerprint density at radius 1 is 0.780 bits per heavy atom. The van der Waals surface area contributed by atoms with E-state index in [-0.39, 0.29) is 12.8 Å². The number of carbonyl (C=O) groups is 5. The van der Waals surface area contributed by atoms with Crippen molar-refractivity contribution in [3.05, 3.63) is 36.0 Å². The molecule has 3 amide bonds. The predicted molar refractivity (Wildman–Crippen MR) is 151 cm³/mol. The van der Waals surface area contributed by atoms with Gasteiger partial charge in [0.2, 0.25) is 17.7 Å². The lowest BCUT2D eigenvalue weighted by atomic mass is 10.0. The molecule has 0 fully saturated rings. The minimum absolute atomic E-state index is 0.00928. The van der Waals surface area contributed by atoms with Gasteiger partial charge >= 0.3 is 11.9 Å². The molecular weight excluding hydrogens is 534 g/mol. The van der Waals surface area contributed by atoms with Crippen LogP contribution in [-0.4, -0.2) is 82.1 Å². The van der Waals surface area contributed by atoms with Gasteiger partial charge in [0.25, 0.3) is 0 Å². The first kappa shape index (κ1) is 33.2. The summed E-state index contributed by atoms with van der Waals surface area (Å²) >= 11 is 0. The summed E-state index contributed by atoms with van der Waals surface area (Å²) in [6, 6.07) is 2.32. The van der Waals surface area contributed by atoms with E-state index in [1.54, 1.807) is 6.20 Å². The minimum Gasteiger partial charge on any atom is -0.481 e. The molecular formula is C27H41N7O7. The smallest absolute Gasteiger partial charge is 0.326 e. The van der Waals surface area contributed by atoms with Gasteiger partial charge in [-0.05, 0) is 56.8 Å². The molecule has 0 saturated carbocycles. The highest BCUT2D eigenvalue weighted by Crippen LogP contribution is 2.19. The number of amides is 3. The Balaban J connectivity index is 2.26. The van der Waals surface area contributed by atoms with Crippen molar-refractivity contribution in [2.75, 3.05) is 13.1 Å². The SMILES string of the molecule is NCCCCC(N)C(=O)NC(Cc1c[nH]c2ccccc12)C(=O)NC(CC(=O)O)C(=O)NC(CCCCN)C(=O)O. The van der Waals surface area contributed by atoms with E-state index >= 15 is 0 Å². The number of fused-ring (bicyclic) bond motifs is 1. The van der Waals surface area contributed by atoms with Crippen molar-refractivity contribution in [1.29, 1.82) is 0 Å². The standard InChI is InChI=1S/C27H41N7O7/c28-11-5-3-8-18(30)24(37)33-21(13-16-15-31-19-9-2-1-7-17(16)19)25(38)34-22(14-23(35)36)26(39)32-20(27(40)41)10-4-6-12-29/h1-2,7,9,15,18,20-22,31H,3-6,8,10-14,28-30H2,(H,32,39)(H,33,37)(H,34,38)(H,35,36)(H,40,41). The summed E-state index contributed by atoms with van der Waals surface area (Å²) in [4.78, 5) is 65.6. The Morgan fingerprint density at radius 2 is 1.37 bits per heavy atom. The number of nitrogens with two attached hydrogens (primary N) is 3. The maximum Gasteiger partial charge on any atom is 0.326 e. The van der Waals surface area contributed by atoms with Crippen LogP contribution in [-0.2, 0) is 30.4 Å². The van der Waals surface area contributed by atoms with Gasteiger partial charge < -0.3 is 48.3 Å². The summed E-state index contributed by atoms with van der Waals surface area (Å²) in [6.45, 7) is 0.793. The highest BCUT2D eigenvalue weighted by molar-refractivity contribution is 5.96. The third-order valence-electron chi connectivity index (χ3n) is 6.61. The highest BCUT2D eigenvalue weighted by atomic mass is 16.4. The van der Waals surface area contributed by atoms with Crippen molar-refractivity contribution in [2.24, 2.45) is 17.2 Å². The summed E-state index contributed by atoms with van der Waals surface area (Å²) < 4.78 is 0. The molecule has 4 atom stereocenters. The van der Waals surface area contributed by atoms with Gasteiger partial charge in [-0.1, -0.05) is 24.6 Å². The van der Waals surface area contributed by atoms with Crippen molar-refractivity contribution in [2.45, 2.75) is 75.5 Å². The number of aromatic amines is 1. The lowest BCUT2D eigenvalue weighted by Gasteiger charge is -2.24. The second kappa shape index (κ2) is 16.9. The van der Waals surface area contributed by atoms with Crippen LogP contribution in [0.3, 0.4) is 0 Å². The van der Waals surface area contributed by atoms with Gasteiger partial charge in [-0.25, -0.2) is 4.79 Å². The number of hydrogen-bond acceptors (Lipinski definition) is 8. The largest absolute Gasteiger partial charge is 0.481 e. The lowest BCUT2D eigenvalue weighted by Crippen LogP contribution is -2.58. The number of aliphatic carboxylic acids is 2. The number of carboxylic acid groups (broad SMARTS) is 2. The number of unbranched alkanes of at least 4 members (excludes halogenated alkanes) is 2. The van der Waals surface area contributed by atoms with Gasteiger partial charge in [0.1, 0.15) is 18.1 Å². The third-order valence-corrected chi connectivity index (χ3v) is 6.61. The zero-order chi connectivity index (χ0) is 30.4. The molecule has 0 aliphatic carbocycles. The average molecular weight is 576 g/mol. The Bertz CT molecular complexity index is 1190. The Kier molecular flexibility index (Phi) is 13.7. The van der Waals surface area contributed by atoms with Gasteiger partial charge in [-0.2, -0.15) is 0 Å². The van der Waals surface area contributed by atoms with E-state index < -0.39 is 60.2 Å². The van der Waals surface area contributed by atoms with Crippen molar-refractivity contribution in [3.63, 3.8) is 0 Å². The van der Waals surface area contributed by atoms with Crippen LogP contribution >= 0.6 is 0 Å². The van der Waals surface area contributed by atoms with Crippen LogP contribution in [0.15, 0.2) is 30.5 Å². The predicted octanol–water partition coefficient (Wildman–Crippen LogP) is -0.691. The monoisotopic (exact) mass is 575 g/mol. The highest BCUT2D eigenvalue weighted by Gasteiger charge is 2.32. The Hall–Kier alpha value is -4.01. The molecule has 0 bridgehead atoms. The molecule has 1 heterocycles. The number of H-pyrrole nitrogens is 1. The van der Waals surface area contributed by atoms with Crippen molar-refractivity contribution in [1.82, 2.24) is 20.9 Å². The first-order chi connectivity index (χ1) is 19.6. The summed E-state index contributed by atoms with van der Waals surface area (Å²) in [5, 5.41) is 27.0. The number of carboxylic acids is 2. The van der Waals surface area contributed by atoms with E-state index in [0.717, 1.165) is 10.9 Å². The lowest BCUT2D eigenvalue weighted by molar-refractivity contribution is -0.143. The average Bonchev–Trinajstić information content (AvgIpc) is 3.34. The van der Waals surface area contributed by atoms with Crippen molar-refractivity contribution >= 4 is 40.6 Å². The molecule has 0 aliphatic heterocycles. The third kappa shape index (κ3) is 10.8. The van der Waals surface area contributed by atoms with Crippen LogP contribution in [0.4, 0.5) is 0 Å². The van der Waals surface area contributed by atoms with E-state index in [2.05, 4.69) is 20.9 Å². The van der Waals surface area contributed by atoms with Crippen LogP contribution < -0.4 is 33.2 Å². The van der Waals surface area contributed by atoms with Gasteiger partial charge in [0.05, 0.1) is 12.5 Å². The van der Waals surface area contributed by atoms with Crippen LogP contribution in [0.1, 0.15) is 50.5 Å². The van der Waals surface area contributed by atoms with Crippen LogP contribution in [0.5, 0.6) is 0 Å². The zero-order valence-corrected chi connectivity index (χ0v) is 22.9. The number of hydrogen-bond donors (Lipinski definition) is 9. The second-order valence-electron chi connectivity index (χ2n) is 9.86. The molecule has 14 heteroatoms. The van der Waals surface area contributed by atoms with Gasteiger partial charge in [-0.15, -0.1) is 0 Å². The normalized spacial score (nSPS) is 14.0. The van der Waals surface area contributed by atoms with E-state index in [1.807, 2.05) is 24.3 Å². The fourth-order valence-electron chi connectivity index (χ4n) is 4.33. The fraction of sp³-hybridized carbons (Fsp3) is 0.519. The maximum atomic E-state index is 13.5. The molecule has 1 aromatic carbocycles. The Labute approximate surface area is 237 Å². The van der Waals surface area contributed by atoms with Gasteiger partial charge in [0, 0.05) is 23.5 Å². The van der Waals surface area contributed by atoms with Crippen molar-refractivity contribution < 1.29 is 34.2 Å². The number of carbonyl (C=O) groups excluding carboxylic acids is 3. The van der Waals surface area contributed by atoms with Crippen LogP contribution in [0.25, 0.3) is 10.9 Å². The number of rotatable bonds is 19. The summed E-state index contributed by atoms with van der Waals surface area (Å²) in [5.41, 5.74) is 18.5. The van der Waals surface area contributed by atoms with Crippen LogP contribution in [0.2, 0.25) is 0 Å². The van der Waals surface area contributed by atoms with Gasteiger partial charge in [-0.3, -0.25) is 19.2 Å². The topological polar surface area (TPSA) is 256 Å². The molecule has 0 aliphatic rings. The minimum atomic E-state index is -1.60. The molecule has 0 saturated heterocycles. The molecule has 0 spiro atoms. The quantitative estimate of drug-likeness (QED) is 0.0952. The van der Waals surface area contributed by atoms with E-state index in [9.17, 15) is 34.2 Å².